The van der Waals surface area contributed by atoms with Crippen molar-refractivity contribution in [2.24, 2.45) is 0 Å². The van der Waals surface area contributed by atoms with Crippen LogP contribution in [0.4, 0.5) is 0 Å². The smallest absolute Gasteiger partial charge is 0.141 e. The molecule has 0 aliphatic carbocycles. The van der Waals surface area contributed by atoms with Crippen LogP contribution >= 0.6 is 0 Å². The molecule has 0 N–H and O–H groups in total. The van der Waals surface area contributed by atoms with Crippen LogP contribution in [-0.2, 0) is 6.54 Å². The van der Waals surface area contributed by atoms with Crippen molar-refractivity contribution in [1.82, 2.24) is 9.55 Å². The van der Waals surface area contributed by atoms with Gasteiger partial charge in [-0.25, -0.2) is 4.98 Å². The summed E-state index contributed by atoms with van der Waals surface area (Å²) in [5, 5.41) is 0. The molecule has 0 fully saturated rings. The second-order valence-corrected chi connectivity index (χ2v) is 7.31. The molecule has 4 aromatic carbocycles. The fourth-order valence-corrected chi connectivity index (χ4v) is 3.82. The number of nitrogens with zero attached hydrogens (tertiary/aromatic N) is 2. The highest BCUT2D eigenvalue weighted by atomic mass is 16.5. The maximum absolute atomic E-state index is 5.47. The molecule has 0 unspecified atom stereocenters. The third-order valence-electron chi connectivity index (χ3n) is 5.39. The minimum Gasteiger partial charge on any atom is -0.497 e. The summed E-state index contributed by atoms with van der Waals surface area (Å²) >= 11 is 0. The summed E-state index contributed by atoms with van der Waals surface area (Å²) in [6.45, 7) is 0.750. The highest BCUT2D eigenvalue weighted by Crippen LogP contribution is 2.30. The van der Waals surface area contributed by atoms with Crippen molar-refractivity contribution in [3.8, 4) is 28.3 Å². The van der Waals surface area contributed by atoms with Crippen LogP contribution in [0.2, 0.25) is 0 Å². The first-order chi connectivity index (χ1) is 14.8. The highest BCUT2D eigenvalue weighted by Gasteiger charge is 2.14. The average molecular weight is 390 g/mol. The van der Waals surface area contributed by atoms with Crippen molar-refractivity contribution in [2.75, 3.05) is 7.11 Å². The number of benzene rings is 4. The van der Waals surface area contributed by atoms with E-state index >= 15 is 0 Å². The van der Waals surface area contributed by atoms with Gasteiger partial charge in [-0.1, -0.05) is 84.9 Å². The predicted octanol–water partition coefficient (Wildman–Crippen LogP) is 6.43. The molecule has 5 aromatic rings. The van der Waals surface area contributed by atoms with E-state index in [1.165, 1.54) is 16.7 Å². The summed E-state index contributed by atoms with van der Waals surface area (Å²) in [6, 6.07) is 35.6. The summed E-state index contributed by atoms with van der Waals surface area (Å²) in [7, 11) is 1.70. The van der Waals surface area contributed by atoms with Crippen LogP contribution in [0.25, 0.3) is 33.5 Å². The van der Waals surface area contributed by atoms with Crippen molar-refractivity contribution >= 4 is 11.0 Å². The minimum atomic E-state index is 0.750. The van der Waals surface area contributed by atoms with Crippen molar-refractivity contribution < 1.29 is 4.74 Å². The third-order valence-corrected chi connectivity index (χ3v) is 5.39. The molecule has 1 heterocycles. The van der Waals surface area contributed by atoms with E-state index in [2.05, 4.69) is 83.4 Å². The Morgan fingerprint density at radius 2 is 1.33 bits per heavy atom. The van der Waals surface area contributed by atoms with Gasteiger partial charge in [0.25, 0.3) is 0 Å². The zero-order valence-corrected chi connectivity index (χ0v) is 16.8. The standard InChI is InChI=1S/C27H22N2O/c1-30-24-16-17-25-26(18-24)29(19-20-8-4-2-5-9-20)27(28-25)23-14-12-22(13-15-23)21-10-6-3-7-11-21/h2-18H,19H2,1H3. The molecule has 0 spiro atoms. The maximum atomic E-state index is 5.47. The normalized spacial score (nSPS) is 11.0. The number of ether oxygens (including phenoxy) is 1. The Morgan fingerprint density at radius 3 is 2.03 bits per heavy atom. The Labute approximate surface area is 176 Å². The molecule has 146 valence electrons. The van der Waals surface area contributed by atoms with E-state index in [4.69, 9.17) is 9.72 Å². The van der Waals surface area contributed by atoms with Gasteiger partial charge in [0.2, 0.25) is 0 Å². The van der Waals surface area contributed by atoms with Crippen LogP contribution < -0.4 is 4.74 Å². The Balaban J connectivity index is 1.62. The van der Waals surface area contributed by atoms with Gasteiger partial charge < -0.3 is 9.30 Å². The number of rotatable bonds is 5. The van der Waals surface area contributed by atoms with Gasteiger partial charge in [-0.2, -0.15) is 0 Å². The quantitative estimate of drug-likeness (QED) is 0.346. The van der Waals surface area contributed by atoms with Crippen molar-refractivity contribution in [1.29, 1.82) is 0 Å². The Hall–Kier alpha value is -3.85. The zero-order valence-electron chi connectivity index (χ0n) is 16.8. The fourth-order valence-electron chi connectivity index (χ4n) is 3.82. The van der Waals surface area contributed by atoms with E-state index in [0.717, 1.165) is 34.7 Å². The molecule has 0 bridgehead atoms. The molecule has 3 nitrogen and oxygen atoms in total. The van der Waals surface area contributed by atoms with Gasteiger partial charge in [-0.05, 0) is 28.8 Å². The fraction of sp³-hybridized carbons (Fsp3) is 0.0741. The molecule has 5 rings (SSSR count). The predicted molar refractivity (Wildman–Crippen MR) is 123 cm³/mol. The minimum absolute atomic E-state index is 0.750. The second-order valence-electron chi connectivity index (χ2n) is 7.31. The van der Waals surface area contributed by atoms with Gasteiger partial charge in [0.15, 0.2) is 0 Å². The summed E-state index contributed by atoms with van der Waals surface area (Å²) in [5.74, 6) is 1.80. The van der Waals surface area contributed by atoms with Crippen LogP contribution in [0.3, 0.4) is 0 Å². The van der Waals surface area contributed by atoms with E-state index in [9.17, 15) is 0 Å². The van der Waals surface area contributed by atoms with Crippen molar-refractivity contribution in [2.45, 2.75) is 6.54 Å². The van der Waals surface area contributed by atoms with Gasteiger partial charge in [-0.3, -0.25) is 0 Å². The van der Waals surface area contributed by atoms with E-state index in [1.807, 2.05) is 24.3 Å². The number of fused-ring (bicyclic) bond motifs is 1. The third kappa shape index (κ3) is 3.46. The molecular formula is C27H22N2O. The number of hydrogen-bond donors (Lipinski definition) is 0. The molecule has 0 saturated carbocycles. The molecule has 0 aliphatic heterocycles. The summed E-state index contributed by atoms with van der Waals surface area (Å²) in [5.41, 5.74) is 6.79. The Morgan fingerprint density at radius 1 is 0.700 bits per heavy atom. The van der Waals surface area contributed by atoms with Gasteiger partial charge in [0.1, 0.15) is 11.6 Å². The zero-order chi connectivity index (χ0) is 20.3. The highest BCUT2D eigenvalue weighted by molar-refractivity contribution is 5.82. The first kappa shape index (κ1) is 18.2. The van der Waals surface area contributed by atoms with Gasteiger partial charge in [0, 0.05) is 18.2 Å². The second kappa shape index (κ2) is 7.88. The molecule has 0 amide bonds. The topological polar surface area (TPSA) is 27.1 Å². The van der Waals surface area contributed by atoms with E-state index < -0.39 is 0 Å². The number of aromatic nitrogens is 2. The lowest BCUT2D eigenvalue weighted by Gasteiger charge is -2.11. The number of methoxy groups -OCH3 is 1. The number of hydrogen-bond acceptors (Lipinski definition) is 2. The van der Waals surface area contributed by atoms with Crippen LogP contribution in [-0.4, -0.2) is 16.7 Å². The lowest BCUT2D eigenvalue weighted by Crippen LogP contribution is -2.02. The average Bonchev–Trinajstić information content (AvgIpc) is 3.18. The summed E-state index contributed by atoms with van der Waals surface area (Å²) < 4.78 is 7.73. The van der Waals surface area contributed by atoms with Crippen LogP contribution in [0.1, 0.15) is 5.56 Å². The number of imidazole rings is 1. The molecule has 30 heavy (non-hydrogen) atoms. The Bertz CT molecular complexity index is 1270. The largest absolute Gasteiger partial charge is 0.497 e. The van der Waals surface area contributed by atoms with Crippen LogP contribution in [0, 0.1) is 0 Å². The molecule has 0 aliphatic rings. The SMILES string of the molecule is COc1ccc2nc(-c3ccc(-c4ccccc4)cc3)n(Cc3ccccc3)c2c1. The maximum Gasteiger partial charge on any atom is 0.141 e. The first-order valence-corrected chi connectivity index (χ1v) is 10.1. The van der Waals surface area contributed by atoms with E-state index in [-0.39, 0.29) is 0 Å². The van der Waals surface area contributed by atoms with Crippen molar-refractivity contribution in [3.63, 3.8) is 0 Å². The molecule has 1 aromatic heterocycles. The molecular weight excluding hydrogens is 368 g/mol. The molecule has 0 saturated heterocycles. The molecule has 0 atom stereocenters. The van der Waals surface area contributed by atoms with Crippen molar-refractivity contribution in [3.05, 3.63) is 109 Å². The van der Waals surface area contributed by atoms with Gasteiger partial charge in [-0.15, -0.1) is 0 Å². The van der Waals surface area contributed by atoms with Crippen LogP contribution in [0.5, 0.6) is 5.75 Å². The van der Waals surface area contributed by atoms with E-state index in [0.29, 0.717) is 0 Å². The lowest BCUT2D eigenvalue weighted by molar-refractivity contribution is 0.415. The molecule has 3 heteroatoms. The first-order valence-electron chi connectivity index (χ1n) is 10.1. The molecule has 0 radical (unpaired) electrons. The van der Waals surface area contributed by atoms with Crippen LogP contribution in [0.15, 0.2) is 103 Å². The monoisotopic (exact) mass is 390 g/mol. The van der Waals surface area contributed by atoms with Gasteiger partial charge in [0.05, 0.1) is 18.1 Å². The summed E-state index contributed by atoms with van der Waals surface area (Å²) in [4.78, 5) is 4.96. The lowest BCUT2D eigenvalue weighted by atomic mass is 10.0. The Kier molecular flexibility index (Phi) is 4.78. The van der Waals surface area contributed by atoms with Gasteiger partial charge >= 0.3 is 0 Å². The van der Waals surface area contributed by atoms with E-state index in [1.54, 1.807) is 7.11 Å². The summed E-state index contributed by atoms with van der Waals surface area (Å²) in [6.07, 6.45) is 0.